The van der Waals surface area contributed by atoms with Crippen LogP contribution in [0.2, 0.25) is 0 Å². The number of hydrogen-bond donors (Lipinski definition) is 2. The summed E-state index contributed by atoms with van der Waals surface area (Å²) in [4.78, 5) is 17.3. The van der Waals surface area contributed by atoms with Crippen molar-refractivity contribution in [1.82, 2.24) is 10.3 Å². The number of carbonyl (C=O) groups is 1. The molecule has 0 saturated carbocycles. The number of aliphatic hydroxyl groups is 1. The summed E-state index contributed by atoms with van der Waals surface area (Å²) >= 11 is 0. The zero-order valence-corrected chi connectivity index (χ0v) is 9.60. The number of carbonyl (C=O) groups excluding carboxylic acids is 1. The van der Waals surface area contributed by atoms with E-state index < -0.39 is 0 Å². The van der Waals surface area contributed by atoms with Crippen LogP contribution in [0.5, 0.6) is 0 Å². The fourth-order valence-electron chi connectivity index (χ4n) is 1.44. The zero-order valence-electron chi connectivity index (χ0n) is 9.60. The lowest BCUT2D eigenvalue weighted by Gasteiger charge is -2.19. The number of rotatable bonds is 5. The fraction of sp³-hybridized carbons (Fsp3) is 0.455. The van der Waals surface area contributed by atoms with E-state index in [1.165, 1.54) is 0 Å². The van der Waals surface area contributed by atoms with Gasteiger partial charge in [-0.05, 0) is 13.0 Å². The lowest BCUT2D eigenvalue weighted by Crippen LogP contribution is -2.35. The Morgan fingerprint density at radius 2 is 2.38 bits per heavy atom. The van der Waals surface area contributed by atoms with Crippen molar-refractivity contribution < 1.29 is 9.90 Å². The molecule has 0 bridgehead atoms. The lowest BCUT2D eigenvalue weighted by atomic mass is 10.2. The summed E-state index contributed by atoms with van der Waals surface area (Å²) in [5.74, 6) is 0.579. The Morgan fingerprint density at radius 1 is 1.62 bits per heavy atom. The van der Waals surface area contributed by atoms with Crippen LogP contribution in [0.15, 0.2) is 18.3 Å². The molecule has 0 spiro atoms. The average Bonchev–Trinajstić information content (AvgIpc) is 2.29. The summed E-state index contributed by atoms with van der Waals surface area (Å²) in [6.07, 6.45) is 1.64. The first-order valence-corrected chi connectivity index (χ1v) is 5.21. The van der Waals surface area contributed by atoms with Crippen LogP contribution in [0, 0.1) is 0 Å². The van der Waals surface area contributed by atoms with E-state index in [-0.39, 0.29) is 19.1 Å². The second-order valence-electron chi connectivity index (χ2n) is 3.45. The monoisotopic (exact) mass is 223 g/mol. The van der Waals surface area contributed by atoms with Crippen LogP contribution in [0.1, 0.15) is 12.5 Å². The summed E-state index contributed by atoms with van der Waals surface area (Å²) in [5.41, 5.74) is 0.717. The molecule has 88 valence electrons. The van der Waals surface area contributed by atoms with Gasteiger partial charge in [-0.2, -0.15) is 0 Å². The summed E-state index contributed by atoms with van der Waals surface area (Å²) in [7, 11) is 1.77. The maximum atomic E-state index is 11.4. The van der Waals surface area contributed by atoms with Gasteiger partial charge in [0.15, 0.2) is 0 Å². The Bertz CT molecular complexity index is 355. The first kappa shape index (κ1) is 12.4. The van der Waals surface area contributed by atoms with Gasteiger partial charge >= 0.3 is 0 Å². The highest BCUT2D eigenvalue weighted by atomic mass is 16.3. The lowest BCUT2D eigenvalue weighted by molar-refractivity contribution is -0.119. The van der Waals surface area contributed by atoms with E-state index in [9.17, 15) is 4.79 Å². The van der Waals surface area contributed by atoms with E-state index in [0.717, 1.165) is 0 Å². The molecule has 0 unspecified atom stereocenters. The highest BCUT2D eigenvalue weighted by Crippen LogP contribution is 2.14. The third kappa shape index (κ3) is 3.20. The van der Waals surface area contributed by atoms with Gasteiger partial charge < -0.3 is 15.3 Å². The fourth-order valence-corrected chi connectivity index (χ4v) is 1.44. The Balaban J connectivity index is 2.72. The van der Waals surface area contributed by atoms with Crippen LogP contribution in [0.3, 0.4) is 0 Å². The van der Waals surface area contributed by atoms with Crippen molar-refractivity contribution in [3.8, 4) is 0 Å². The normalized spacial score (nSPS) is 9.94. The molecule has 0 aliphatic carbocycles. The minimum Gasteiger partial charge on any atom is -0.392 e. The van der Waals surface area contributed by atoms with Crippen LogP contribution in [0.4, 0.5) is 5.82 Å². The summed E-state index contributed by atoms with van der Waals surface area (Å²) in [5, 5.41) is 11.9. The molecule has 0 fully saturated rings. The molecule has 1 aromatic rings. The number of aliphatic hydroxyl groups excluding tert-OH is 1. The van der Waals surface area contributed by atoms with E-state index in [0.29, 0.717) is 17.9 Å². The largest absolute Gasteiger partial charge is 0.392 e. The molecule has 0 saturated heterocycles. The predicted molar refractivity (Wildman–Crippen MR) is 62.1 cm³/mol. The maximum absolute atomic E-state index is 11.4. The standard InChI is InChI=1S/C11H17N3O2/c1-3-12-10(16)7-14(2)11-9(8-15)5-4-6-13-11/h4-6,15H,3,7-8H2,1-2H3,(H,12,16). The number of hydrogen-bond acceptors (Lipinski definition) is 4. The van der Waals surface area contributed by atoms with Crippen molar-refractivity contribution in [2.24, 2.45) is 0 Å². The van der Waals surface area contributed by atoms with E-state index in [2.05, 4.69) is 10.3 Å². The maximum Gasteiger partial charge on any atom is 0.239 e. The van der Waals surface area contributed by atoms with Crippen molar-refractivity contribution in [1.29, 1.82) is 0 Å². The Morgan fingerprint density at radius 3 is 3.00 bits per heavy atom. The van der Waals surface area contributed by atoms with Gasteiger partial charge in [-0.25, -0.2) is 4.98 Å². The van der Waals surface area contributed by atoms with Gasteiger partial charge in [0.2, 0.25) is 5.91 Å². The number of likely N-dealkylation sites (N-methyl/N-ethyl adjacent to an activating group) is 2. The topological polar surface area (TPSA) is 65.5 Å². The number of nitrogens with zero attached hydrogens (tertiary/aromatic N) is 2. The van der Waals surface area contributed by atoms with Crippen molar-refractivity contribution in [3.05, 3.63) is 23.9 Å². The highest BCUT2D eigenvalue weighted by Gasteiger charge is 2.10. The molecule has 0 radical (unpaired) electrons. The molecule has 2 N–H and O–H groups in total. The Hall–Kier alpha value is -1.62. The average molecular weight is 223 g/mol. The van der Waals surface area contributed by atoms with Gasteiger partial charge in [-0.3, -0.25) is 4.79 Å². The Labute approximate surface area is 95.1 Å². The molecular formula is C11H17N3O2. The molecule has 5 nitrogen and oxygen atoms in total. The van der Waals surface area contributed by atoms with Crippen LogP contribution in [0.25, 0.3) is 0 Å². The predicted octanol–water partition coefficient (Wildman–Crippen LogP) is 0.146. The van der Waals surface area contributed by atoms with E-state index in [4.69, 9.17) is 5.11 Å². The van der Waals surface area contributed by atoms with Crippen molar-refractivity contribution in [3.63, 3.8) is 0 Å². The molecule has 0 aliphatic rings. The quantitative estimate of drug-likeness (QED) is 0.745. The highest BCUT2D eigenvalue weighted by molar-refractivity contribution is 5.81. The molecule has 0 aromatic carbocycles. The molecule has 1 rings (SSSR count). The van der Waals surface area contributed by atoms with Crippen molar-refractivity contribution >= 4 is 11.7 Å². The second-order valence-corrected chi connectivity index (χ2v) is 3.45. The van der Waals surface area contributed by atoms with Crippen molar-refractivity contribution in [2.45, 2.75) is 13.5 Å². The number of aromatic nitrogens is 1. The second kappa shape index (κ2) is 6.07. The van der Waals surface area contributed by atoms with Crippen LogP contribution >= 0.6 is 0 Å². The van der Waals surface area contributed by atoms with Gasteiger partial charge in [0.1, 0.15) is 5.82 Å². The van der Waals surface area contributed by atoms with Gasteiger partial charge in [0.25, 0.3) is 0 Å². The van der Waals surface area contributed by atoms with Gasteiger partial charge in [-0.15, -0.1) is 0 Å². The van der Waals surface area contributed by atoms with Crippen LogP contribution in [-0.4, -0.2) is 36.1 Å². The van der Waals surface area contributed by atoms with E-state index in [1.807, 2.05) is 6.92 Å². The summed E-state index contributed by atoms with van der Waals surface area (Å²) in [6.45, 7) is 2.64. The molecule has 16 heavy (non-hydrogen) atoms. The zero-order chi connectivity index (χ0) is 12.0. The number of anilines is 1. The van der Waals surface area contributed by atoms with E-state index >= 15 is 0 Å². The Kier molecular flexibility index (Phi) is 4.72. The van der Waals surface area contributed by atoms with Crippen molar-refractivity contribution in [2.75, 3.05) is 25.0 Å². The minimum atomic E-state index is -0.0804. The molecule has 0 atom stereocenters. The summed E-state index contributed by atoms with van der Waals surface area (Å²) in [6, 6.07) is 3.55. The first-order valence-electron chi connectivity index (χ1n) is 5.21. The molecular weight excluding hydrogens is 206 g/mol. The van der Waals surface area contributed by atoms with Crippen LogP contribution in [-0.2, 0) is 11.4 Å². The first-order chi connectivity index (χ1) is 7.69. The van der Waals surface area contributed by atoms with Crippen LogP contribution < -0.4 is 10.2 Å². The molecule has 1 aromatic heterocycles. The summed E-state index contributed by atoms with van der Waals surface area (Å²) < 4.78 is 0. The SMILES string of the molecule is CCNC(=O)CN(C)c1ncccc1CO. The third-order valence-corrected chi connectivity index (χ3v) is 2.15. The molecule has 0 aliphatic heterocycles. The van der Waals surface area contributed by atoms with Gasteiger partial charge in [-0.1, -0.05) is 6.07 Å². The number of pyridine rings is 1. The smallest absolute Gasteiger partial charge is 0.239 e. The van der Waals surface area contributed by atoms with Gasteiger partial charge in [0, 0.05) is 25.4 Å². The number of nitrogens with one attached hydrogen (secondary N) is 1. The molecule has 1 amide bonds. The minimum absolute atomic E-state index is 0.0560. The molecule has 1 heterocycles. The third-order valence-electron chi connectivity index (χ3n) is 2.15. The van der Waals surface area contributed by atoms with Gasteiger partial charge in [0.05, 0.1) is 13.2 Å². The number of amides is 1. The molecule has 5 heteroatoms. The van der Waals surface area contributed by atoms with E-state index in [1.54, 1.807) is 30.3 Å².